The van der Waals surface area contributed by atoms with Crippen molar-refractivity contribution in [1.29, 1.82) is 0 Å². The van der Waals surface area contributed by atoms with Gasteiger partial charge in [0.2, 0.25) is 0 Å². The summed E-state index contributed by atoms with van der Waals surface area (Å²) < 4.78 is 15.6. The molecule has 0 aliphatic rings. The van der Waals surface area contributed by atoms with Crippen LogP contribution in [0.2, 0.25) is 0 Å². The van der Waals surface area contributed by atoms with Crippen LogP contribution < -0.4 is 0 Å². The summed E-state index contributed by atoms with van der Waals surface area (Å²) in [5, 5.41) is 5.31. The first-order chi connectivity index (χ1) is 6.97. The highest BCUT2D eigenvalue weighted by atomic mass is 32.2. The van der Waals surface area contributed by atoms with Gasteiger partial charge in [0.15, 0.2) is 0 Å². The molecular weight excluding hydrogens is 210 g/mol. The Morgan fingerprint density at radius 3 is 2.60 bits per heavy atom. The van der Waals surface area contributed by atoms with Crippen LogP contribution in [0.15, 0.2) is 28.7 Å². The SMILES string of the molecule is Cc1c2ccccc2nn1N=S(C)(C)=O. The van der Waals surface area contributed by atoms with Gasteiger partial charge in [0.1, 0.15) is 0 Å². The Labute approximate surface area is 89.1 Å². The van der Waals surface area contributed by atoms with E-state index in [4.69, 9.17) is 0 Å². The van der Waals surface area contributed by atoms with Crippen molar-refractivity contribution in [2.45, 2.75) is 6.92 Å². The van der Waals surface area contributed by atoms with E-state index in [1.165, 1.54) is 4.79 Å². The van der Waals surface area contributed by atoms with Crippen LogP contribution in [0.5, 0.6) is 0 Å². The number of hydrogen-bond donors (Lipinski definition) is 0. The Morgan fingerprint density at radius 1 is 1.33 bits per heavy atom. The number of aromatic nitrogens is 2. The Balaban J connectivity index is 2.75. The monoisotopic (exact) mass is 223 g/mol. The van der Waals surface area contributed by atoms with Crippen LogP contribution in [-0.4, -0.2) is 26.6 Å². The average Bonchev–Trinajstić information content (AvgIpc) is 2.42. The zero-order valence-corrected chi connectivity index (χ0v) is 9.78. The molecule has 0 unspecified atom stereocenters. The molecule has 80 valence electrons. The molecule has 15 heavy (non-hydrogen) atoms. The van der Waals surface area contributed by atoms with Crippen molar-refractivity contribution in [3.63, 3.8) is 0 Å². The Bertz CT molecular complexity index is 613. The number of nitrogens with zero attached hydrogens (tertiary/aromatic N) is 3. The smallest absolute Gasteiger partial charge is 0.0948 e. The topological polar surface area (TPSA) is 47.2 Å². The van der Waals surface area contributed by atoms with E-state index in [0.717, 1.165) is 16.6 Å². The van der Waals surface area contributed by atoms with Gasteiger partial charge in [0.05, 0.1) is 20.9 Å². The van der Waals surface area contributed by atoms with Crippen LogP contribution in [0.3, 0.4) is 0 Å². The number of benzene rings is 1. The van der Waals surface area contributed by atoms with Gasteiger partial charge in [-0.25, -0.2) is 4.21 Å². The summed E-state index contributed by atoms with van der Waals surface area (Å²) in [6.07, 6.45) is 3.19. The predicted molar refractivity (Wildman–Crippen MR) is 62.3 cm³/mol. The fourth-order valence-electron chi connectivity index (χ4n) is 1.42. The highest BCUT2D eigenvalue weighted by Gasteiger charge is 2.05. The molecule has 1 aromatic heterocycles. The first-order valence-corrected chi connectivity index (χ1v) is 6.92. The van der Waals surface area contributed by atoms with Crippen molar-refractivity contribution in [2.75, 3.05) is 12.5 Å². The van der Waals surface area contributed by atoms with Crippen molar-refractivity contribution < 1.29 is 4.21 Å². The van der Waals surface area contributed by atoms with Crippen molar-refractivity contribution in [1.82, 2.24) is 9.89 Å². The minimum atomic E-state index is -2.17. The standard InChI is InChI=1S/C10H13N3OS/c1-8-9-6-4-5-7-10(9)11-13(8)12-15(2,3)14/h4-7H,1-3H3. The maximum atomic E-state index is 11.6. The number of fused-ring (bicyclic) bond motifs is 1. The van der Waals surface area contributed by atoms with Crippen LogP contribution in [0.25, 0.3) is 10.9 Å². The molecule has 0 radical (unpaired) electrons. The Kier molecular flexibility index (Phi) is 2.26. The molecule has 4 nitrogen and oxygen atoms in total. The highest BCUT2D eigenvalue weighted by Crippen LogP contribution is 2.16. The summed E-state index contributed by atoms with van der Waals surface area (Å²) in [6.45, 7) is 1.92. The molecule has 5 heteroatoms. The number of rotatable bonds is 1. The average molecular weight is 223 g/mol. The second kappa shape index (κ2) is 3.34. The van der Waals surface area contributed by atoms with Crippen molar-refractivity contribution in [3.8, 4) is 0 Å². The molecule has 0 fully saturated rings. The summed E-state index contributed by atoms with van der Waals surface area (Å²) >= 11 is 0. The zero-order chi connectivity index (χ0) is 11.1. The third kappa shape index (κ3) is 2.02. The third-order valence-corrected chi connectivity index (χ3v) is 2.62. The molecule has 1 heterocycles. The molecule has 0 amide bonds. The molecule has 0 aliphatic heterocycles. The molecule has 0 spiro atoms. The van der Waals surface area contributed by atoms with Crippen LogP contribution in [-0.2, 0) is 9.73 Å². The predicted octanol–water partition coefficient (Wildman–Crippen LogP) is 1.84. The van der Waals surface area contributed by atoms with Gasteiger partial charge in [-0.15, -0.1) is 9.89 Å². The van der Waals surface area contributed by atoms with Crippen molar-refractivity contribution in [2.24, 2.45) is 4.47 Å². The van der Waals surface area contributed by atoms with Gasteiger partial charge >= 0.3 is 0 Å². The fraction of sp³-hybridized carbons (Fsp3) is 0.300. The van der Waals surface area contributed by atoms with E-state index < -0.39 is 9.73 Å². The van der Waals surface area contributed by atoms with Crippen molar-refractivity contribution >= 4 is 20.6 Å². The summed E-state index contributed by atoms with van der Waals surface area (Å²) in [5.74, 6) is 0. The van der Waals surface area contributed by atoms with E-state index in [2.05, 4.69) is 9.57 Å². The van der Waals surface area contributed by atoms with E-state index in [0.29, 0.717) is 0 Å². The van der Waals surface area contributed by atoms with E-state index in [1.807, 2.05) is 31.2 Å². The summed E-state index contributed by atoms with van der Waals surface area (Å²) in [4.78, 5) is 1.47. The lowest BCUT2D eigenvalue weighted by Gasteiger charge is -1.97. The first-order valence-electron chi connectivity index (χ1n) is 4.59. The number of hydrogen-bond acceptors (Lipinski definition) is 3. The largest absolute Gasteiger partial charge is 0.248 e. The molecule has 0 atom stereocenters. The van der Waals surface area contributed by atoms with Gasteiger partial charge < -0.3 is 0 Å². The first kappa shape index (κ1) is 10.2. The van der Waals surface area contributed by atoms with E-state index >= 15 is 0 Å². The fourth-order valence-corrected chi connectivity index (χ4v) is 1.95. The minimum Gasteiger partial charge on any atom is -0.248 e. The third-order valence-electron chi connectivity index (χ3n) is 2.07. The van der Waals surface area contributed by atoms with Gasteiger partial charge in [0.25, 0.3) is 0 Å². The molecular formula is C10H13N3OS. The quantitative estimate of drug-likeness (QED) is 0.740. The maximum absolute atomic E-state index is 11.6. The maximum Gasteiger partial charge on any atom is 0.0948 e. The van der Waals surface area contributed by atoms with Crippen LogP contribution in [0.1, 0.15) is 5.69 Å². The second-order valence-electron chi connectivity index (χ2n) is 3.75. The van der Waals surface area contributed by atoms with Gasteiger partial charge in [-0.1, -0.05) is 22.7 Å². The molecule has 2 rings (SSSR count). The Hall–Kier alpha value is -1.36. The van der Waals surface area contributed by atoms with Crippen LogP contribution >= 0.6 is 0 Å². The lowest BCUT2D eigenvalue weighted by molar-refractivity contribution is 0.667. The molecule has 2 aromatic rings. The second-order valence-corrected chi connectivity index (χ2v) is 6.28. The van der Waals surface area contributed by atoms with Gasteiger partial charge in [-0.05, 0) is 13.0 Å². The molecule has 1 aromatic carbocycles. The van der Waals surface area contributed by atoms with Crippen LogP contribution in [0, 0.1) is 6.92 Å². The summed E-state index contributed by atoms with van der Waals surface area (Å²) in [7, 11) is -2.17. The van der Waals surface area contributed by atoms with E-state index in [1.54, 1.807) is 12.5 Å². The lowest BCUT2D eigenvalue weighted by atomic mass is 10.2. The minimum absolute atomic E-state index is 0.877. The molecule has 0 saturated carbocycles. The molecule has 0 bridgehead atoms. The molecule has 0 aliphatic carbocycles. The molecule has 0 N–H and O–H groups in total. The summed E-state index contributed by atoms with van der Waals surface area (Å²) in [6, 6.07) is 7.78. The van der Waals surface area contributed by atoms with Gasteiger partial charge in [-0.3, -0.25) is 0 Å². The molecule has 0 saturated heterocycles. The van der Waals surface area contributed by atoms with E-state index in [9.17, 15) is 4.21 Å². The van der Waals surface area contributed by atoms with E-state index in [-0.39, 0.29) is 0 Å². The highest BCUT2D eigenvalue weighted by molar-refractivity contribution is 7.92. The normalized spacial score (nSPS) is 11.9. The zero-order valence-electron chi connectivity index (χ0n) is 8.97. The van der Waals surface area contributed by atoms with Gasteiger partial charge in [-0.2, -0.15) is 0 Å². The van der Waals surface area contributed by atoms with Gasteiger partial charge in [0, 0.05) is 17.9 Å². The van der Waals surface area contributed by atoms with Crippen LogP contribution in [0.4, 0.5) is 0 Å². The lowest BCUT2D eigenvalue weighted by Crippen LogP contribution is -2.00. The van der Waals surface area contributed by atoms with Crippen molar-refractivity contribution in [3.05, 3.63) is 30.0 Å². The number of aryl methyl sites for hydroxylation is 1. The summed E-state index contributed by atoms with van der Waals surface area (Å²) in [5.41, 5.74) is 1.80. The Morgan fingerprint density at radius 2 is 2.00 bits per heavy atom.